The SMILES string of the molecule is N#Cc1cccc(Nc2nncc(Nc3cccc(F)c3)n2)c1. The Balaban J connectivity index is 1.78. The molecule has 2 N–H and O–H groups in total. The summed E-state index contributed by atoms with van der Waals surface area (Å²) < 4.78 is 13.2. The predicted octanol–water partition coefficient (Wildman–Crippen LogP) is 3.37. The minimum Gasteiger partial charge on any atom is -0.339 e. The van der Waals surface area contributed by atoms with Crippen molar-refractivity contribution in [1.29, 1.82) is 5.26 Å². The number of benzene rings is 2. The molecule has 0 saturated heterocycles. The van der Waals surface area contributed by atoms with Crippen LogP contribution in [-0.2, 0) is 0 Å². The predicted molar refractivity (Wildman–Crippen MR) is 83.9 cm³/mol. The summed E-state index contributed by atoms with van der Waals surface area (Å²) in [5, 5.41) is 22.5. The van der Waals surface area contributed by atoms with Crippen LogP contribution < -0.4 is 10.6 Å². The zero-order chi connectivity index (χ0) is 16.1. The molecule has 0 saturated carbocycles. The zero-order valence-electron chi connectivity index (χ0n) is 11.9. The van der Waals surface area contributed by atoms with Crippen LogP contribution in [0.5, 0.6) is 0 Å². The van der Waals surface area contributed by atoms with Gasteiger partial charge in [-0.3, -0.25) is 0 Å². The molecule has 112 valence electrons. The van der Waals surface area contributed by atoms with Crippen molar-refractivity contribution < 1.29 is 4.39 Å². The molecular weight excluding hydrogens is 295 g/mol. The van der Waals surface area contributed by atoms with E-state index in [0.717, 1.165) is 0 Å². The molecule has 1 heterocycles. The average molecular weight is 306 g/mol. The first-order valence-corrected chi connectivity index (χ1v) is 6.72. The molecule has 23 heavy (non-hydrogen) atoms. The fourth-order valence-corrected chi connectivity index (χ4v) is 1.93. The first-order valence-electron chi connectivity index (χ1n) is 6.72. The normalized spacial score (nSPS) is 9.91. The molecule has 0 fully saturated rings. The molecule has 0 amide bonds. The van der Waals surface area contributed by atoms with Crippen molar-refractivity contribution in [1.82, 2.24) is 15.2 Å². The van der Waals surface area contributed by atoms with E-state index in [2.05, 4.69) is 31.9 Å². The Hall–Kier alpha value is -3.53. The molecule has 0 atom stereocenters. The van der Waals surface area contributed by atoms with E-state index in [4.69, 9.17) is 5.26 Å². The third-order valence-electron chi connectivity index (χ3n) is 2.90. The number of anilines is 4. The number of rotatable bonds is 4. The quantitative estimate of drug-likeness (QED) is 0.768. The molecule has 0 aliphatic carbocycles. The maximum absolute atomic E-state index is 13.2. The topological polar surface area (TPSA) is 86.5 Å². The number of hydrogen-bond donors (Lipinski definition) is 2. The number of nitrogens with zero attached hydrogens (tertiary/aromatic N) is 4. The fourth-order valence-electron chi connectivity index (χ4n) is 1.93. The van der Waals surface area contributed by atoms with Crippen LogP contribution in [0.15, 0.2) is 54.7 Å². The van der Waals surface area contributed by atoms with Gasteiger partial charge in [-0.2, -0.15) is 15.3 Å². The van der Waals surface area contributed by atoms with Gasteiger partial charge in [0.15, 0.2) is 5.82 Å². The lowest BCUT2D eigenvalue weighted by Gasteiger charge is -2.08. The summed E-state index contributed by atoms with van der Waals surface area (Å²) in [6.07, 6.45) is 1.43. The van der Waals surface area contributed by atoms with Gasteiger partial charge in [-0.15, -0.1) is 5.10 Å². The first kappa shape index (κ1) is 14.4. The van der Waals surface area contributed by atoms with Gasteiger partial charge < -0.3 is 10.6 Å². The van der Waals surface area contributed by atoms with Crippen LogP contribution >= 0.6 is 0 Å². The summed E-state index contributed by atoms with van der Waals surface area (Å²) >= 11 is 0. The number of hydrogen-bond acceptors (Lipinski definition) is 6. The Kier molecular flexibility index (Phi) is 4.07. The fraction of sp³-hybridized carbons (Fsp3) is 0. The molecular formula is C16H11FN6. The lowest BCUT2D eigenvalue weighted by Crippen LogP contribution is -2.02. The molecule has 0 spiro atoms. The van der Waals surface area contributed by atoms with Crippen LogP contribution in [0, 0.1) is 17.1 Å². The Morgan fingerprint density at radius 2 is 1.78 bits per heavy atom. The molecule has 0 aliphatic rings. The van der Waals surface area contributed by atoms with Crippen LogP contribution in [-0.4, -0.2) is 15.2 Å². The second-order valence-electron chi connectivity index (χ2n) is 4.62. The van der Waals surface area contributed by atoms with Gasteiger partial charge in [0.05, 0.1) is 17.8 Å². The maximum Gasteiger partial charge on any atom is 0.249 e. The van der Waals surface area contributed by atoms with E-state index in [1.54, 1.807) is 36.4 Å². The van der Waals surface area contributed by atoms with Gasteiger partial charge in [-0.05, 0) is 36.4 Å². The van der Waals surface area contributed by atoms with E-state index in [9.17, 15) is 4.39 Å². The van der Waals surface area contributed by atoms with Crippen molar-refractivity contribution in [3.63, 3.8) is 0 Å². The van der Waals surface area contributed by atoms with Crippen molar-refractivity contribution in [2.24, 2.45) is 0 Å². The summed E-state index contributed by atoms with van der Waals surface area (Å²) in [5.41, 5.74) is 1.76. The van der Waals surface area contributed by atoms with Crippen LogP contribution in [0.3, 0.4) is 0 Å². The maximum atomic E-state index is 13.2. The van der Waals surface area contributed by atoms with E-state index < -0.39 is 0 Å². The van der Waals surface area contributed by atoms with Crippen LogP contribution in [0.4, 0.5) is 27.5 Å². The highest BCUT2D eigenvalue weighted by Gasteiger charge is 2.03. The highest BCUT2D eigenvalue weighted by molar-refractivity contribution is 5.59. The molecule has 0 bridgehead atoms. The van der Waals surface area contributed by atoms with E-state index >= 15 is 0 Å². The largest absolute Gasteiger partial charge is 0.339 e. The minimum absolute atomic E-state index is 0.265. The van der Waals surface area contributed by atoms with Crippen molar-refractivity contribution in [2.45, 2.75) is 0 Å². The summed E-state index contributed by atoms with van der Waals surface area (Å²) in [7, 11) is 0. The second kappa shape index (κ2) is 6.49. The van der Waals surface area contributed by atoms with Gasteiger partial charge >= 0.3 is 0 Å². The molecule has 7 heteroatoms. The van der Waals surface area contributed by atoms with Gasteiger partial charge in [0, 0.05) is 11.4 Å². The lowest BCUT2D eigenvalue weighted by atomic mass is 10.2. The minimum atomic E-state index is -0.344. The summed E-state index contributed by atoms with van der Waals surface area (Å²) in [4.78, 5) is 4.25. The number of nitrogens with one attached hydrogen (secondary N) is 2. The van der Waals surface area contributed by atoms with Gasteiger partial charge in [-0.1, -0.05) is 12.1 Å². The number of nitriles is 1. The van der Waals surface area contributed by atoms with Gasteiger partial charge in [0.25, 0.3) is 0 Å². The van der Waals surface area contributed by atoms with Crippen LogP contribution in [0.25, 0.3) is 0 Å². The van der Waals surface area contributed by atoms with E-state index in [1.807, 2.05) is 0 Å². The van der Waals surface area contributed by atoms with Crippen LogP contribution in [0.2, 0.25) is 0 Å². The van der Waals surface area contributed by atoms with Gasteiger partial charge in [-0.25, -0.2) is 4.39 Å². The number of aromatic nitrogens is 3. The molecule has 0 unspecified atom stereocenters. The van der Waals surface area contributed by atoms with Crippen molar-refractivity contribution in [3.05, 3.63) is 66.1 Å². The third-order valence-corrected chi connectivity index (χ3v) is 2.90. The third kappa shape index (κ3) is 3.77. The Morgan fingerprint density at radius 3 is 2.57 bits per heavy atom. The Morgan fingerprint density at radius 1 is 1.00 bits per heavy atom. The van der Waals surface area contributed by atoms with Crippen LogP contribution in [0.1, 0.15) is 5.56 Å². The second-order valence-corrected chi connectivity index (χ2v) is 4.62. The van der Waals surface area contributed by atoms with E-state index in [-0.39, 0.29) is 11.8 Å². The summed E-state index contributed by atoms with van der Waals surface area (Å²) in [6, 6.07) is 15.0. The van der Waals surface area contributed by atoms with Gasteiger partial charge in [0.1, 0.15) is 5.82 Å². The molecule has 1 aromatic heterocycles. The molecule has 3 rings (SSSR count). The molecule has 3 aromatic rings. The van der Waals surface area contributed by atoms with Crippen molar-refractivity contribution in [2.75, 3.05) is 10.6 Å². The summed E-state index contributed by atoms with van der Waals surface area (Å²) in [5.74, 6) is 0.342. The number of halogens is 1. The highest BCUT2D eigenvalue weighted by Crippen LogP contribution is 2.18. The van der Waals surface area contributed by atoms with Crippen molar-refractivity contribution >= 4 is 23.1 Å². The van der Waals surface area contributed by atoms with Gasteiger partial charge in [0.2, 0.25) is 5.95 Å². The lowest BCUT2D eigenvalue weighted by molar-refractivity contribution is 0.628. The molecule has 0 radical (unpaired) electrons. The Labute approximate surface area is 131 Å². The molecule has 6 nitrogen and oxygen atoms in total. The Bertz CT molecular complexity index is 874. The highest BCUT2D eigenvalue weighted by atomic mass is 19.1. The first-order chi connectivity index (χ1) is 11.2. The summed E-state index contributed by atoms with van der Waals surface area (Å²) in [6.45, 7) is 0. The zero-order valence-corrected chi connectivity index (χ0v) is 11.9. The average Bonchev–Trinajstić information content (AvgIpc) is 2.55. The molecule has 0 aliphatic heterocycles. The van der Waals surface area contributed by atoms with Crippen molar-refractivity contribution in [3.8, 4) is 6.07 Å². The standard InChI is InChI=1S/C16H11FN6/c17-12-4-2-6-14(8-12)20-15-10-19-23-16(22-15)21-13-5-1-3-11(7-13)9-18/h1-8,10H,(H2,20,21,22,23). The van der Waals surface area contributed by atoms with E-state index in [0.29, 0.717) is 22.8 Å². The van der Waals surface area contributed by atoms with E-state index in [1.165, 1.54) is 18.3 Å². The molecule has 2 aromatic carbocycles. The monoisotopic (exact) mass is 306 g/mol. The smallest absolute Gasteiger partial charge is 0.249 e.